The molecule has 2 rings (SSSR count). The highest BCUT2D eigenvalue weighted by Gasteiger charge is 2.14. The first-order valence-corrected chi connectivity index (χ1v) is 6.46. The standard InChI is InChI=1S/C14H12BrF2NO/c15-10-3-1-9(2-4-10)14(8-18)19-13-7-11(16)5-6-12(13)17/h1-7,14H,8,18H2. The first-order valence-electron chi connectivity index (χ1n) is 5.67. The summed E-state index contributed by atoms with van der Waals surface area (Å²) in [5.41, 5.74) is 6.43. The quantitative estimate of drug-likeness (QED) is 0.926. The van der Waals surface area contributed by atoms with Crippen LogP contribution in [-0.4, -0.2) is 6.54 Å². The van der Waals surface area contributed by atoms with E-state index in [0.29, 0.717) is 0 Å². The number of ether oxygens (including phenoxy) is 1. The summed E-state index contributed by atoms with van der Waals surface area (Å²) < 4.78 is 32.9. The molecule has 100 valence electrons. The van der Waals surface area contributed by atoms with Gasteiger partial charge in [-0.15, -0.1) is 0 Å². The fourth-order valence-electron chi connectivity index (χ4n) is 1.65. The zero-order chi connectivity index (χ0) is 13.8. The largest absolute Gasteiger partial charge is 0.481 e. The Morgan fingerprint density at radius 2 is 1.79 bits per heavy atom. The third-order valence-electron chi connectivity index (χ3n) is 2.62. The molecule has 0 spiro atoms. The van der Waals surface area contributed by atoms with Gasteiger partial charge in [-0.3, -0.25) is 0 Å². The lowest BCUT2D eigenvalue weighted by atomic mass is 10.1. The summed E-state index contributed by atoms with van der Waals surface area (Å²) in [7, 11) is 0. The van der Waals surface area contributed by atoms with Crippen molar-refractivity contribution < 1.29 is 13.5 Å². The third kappa shape index (κ3) is 3.52. The molecule has 19 heavy (non-hydrogen) atoms. The molecule has 1 atom stereocenters. The Morgan fingerprint density at radius 3 is 2.42 bits per heavy atom. The number of nitrogens with two attached hydrogens (primary N) is 1. The lowest BCUT2D eigenvalue weighted by Crippen LogP contribution is -2.19. The number of benzene rings is 2. The maximum Gasteiger partial charge on any atom is 0.165 e. The molecule has 0 saturated heterocycles. The van der Waals surface area contributed by atoms with E-state index in [1.165, 1.54) is 0 Å². The molecule has 0 radical (unpaired) electrons. The first kappa shape index (κ1) is 14.0. The topological polar surface area (TPSA) is 35.2 Å². The van der Waals surface area contributed by atoms with E-state index >= 15 is 0 Å². The fourth-order valence-corrected chi connectivity index (χ4v) is 1.91. The summed E-state index contributed by atoms with van der Waals surface area (Å²) in [6.07, 6.45) is -0.524. The van der Waals surface area contributed by atoms with Crippen LogP contribution >= 0.6 is 15.9 Å². The second kappa shape index (κ2) is 6.12. The Kier molecular flexibility index (Phi) is 4.50. The third-order valence-corrected chi connectivity index (χ3v) is 3.15. The zero-order valence-corrected chi connectivity index (χ0v) is 11.5. The van der Waals surface area contributed by atoms with E-state index in [9.17, 15) is 8.78 Å². The highest BCUT2D eigenvalue weighted by atomic mass is 79.9. The van der Waals surface area contributed by atoms with E-state index in [1.807, 2.05) is 24.3 Å². The summed E-state index contributed by atoms with van der Waals surface area (Å²) in [6, 6.07) is 10.4. The molecule has 2 aromatic rings. The van der Waals surface area contributed by atoms with Crippen LogP contribution in [0.4, 0.5) is 8.78 Å². The van der Waals surface area contributed by atoms with Crippen molar-refractivity contribution in [2.75, 3.05) is 6.54 Å². The maximum atomic E-state index is 13.5. The average Bonchev–Trinajstić information content (AvgIpc) is 2.41. The van der Waals surface area contributed by atoms with E-state index < -0.39 is 17.7 Å². The van der Waals surface area contributed by atoms with Crippen LogP contribution in [0.15, 0.2) is 46.9 Å². The molecular weight excluding hydrogens is 316 g/mol. The number of halogens is 3. The summed E-state index contributed by atoms with van der Waals surface area (Å²) >= 11 is 3.32. The van der Waals surface area contributed by atoms with Gasteiger partial charge in [-0.05, 0) is 29.8 Å². The predicted octanol–water partition coefficient (Wildman–Crippen LogP) is 3.81. The number of hydrogen-bond acceptors (Lipinski definition) is 2. The lowest BCUT2D eigenvalue weighted by molar-refractivity contribution is 0.203. The molecule has 0 heterocycles. The van der Waals surface area contributed by atoms with E-state index in [2.05, 4.69) is 15.9 Å². The van der Waals surface area contributed by atoms with Crippen molar-refractivity contribution in [2.24, 2.45) is 5.73 Å². The van der Waals surface area contributed by atoms with Crippen LogP contribution in [0.1, 0.15) is 11.7 Å². The summed E-state index contributed by atoms with van der Waals surface area (Å²) in [5, 5.41) is 0. The van der Waals surface area contributed by atoms with Crippen molar-refractivity contribution in [2.45, 2.75) is 6.10 Å². The van der Waals surface area contributed by atoms with E-state index in [4.69, 9.17) is 10.5 Å². The van der Waals surface area contributed by atoms with E-state index in [1.54, 1.807) is 0 Å². The molecule has 5 heteroatoms. The Morgan fingerprint density at radius 1 is 1.11 bits per heavy atom. The molecule has 0 bridgehead atoms. The Hall–Kier alpha value is -1.46. The molecule has 1 unspecified atom stereocenters. The smallest absolute Gasteiger partial charge is 0.165 e. The van der Waals surface area contributed by atoms with Crippen molar-refractivity contribution >= 4 is 15.9 Å². The predicted molar refractivity (Wildman–Crippen MR) is 72.9 cm³/mol. The summed E-state index contributed by atoms with van der Waals surface area (Å²) in [4.78, 5) is 0. The molecule has 2 N–H and O–H groups in total. The second-order valence-corrected chi connectivity index (χ2v) is 4.88. The van der Waals surface area contributed by atoms with Crippen LogP contribution in [0.25, 0.3) is 0 Å². The van der Waals surface area contributed by atoms with Crippen molar-refractivity contribution in [1.29, 1.82) is 0 Å². The molecule has 0 aliphatic carbocycles. The zero-order valence-electron chi connectivity index (χ0n) is 9.95. The normalized spacial score (nSPS) is 12.2. The molecule has 0 amide bonds. The van der Waals surface area contributed by atoms with Gasteiger partial charge in [0.1, 0.15) is 11.9 Å². The Bertz CT molecular complexity index is 560. The highest BCUT2D eigenvalue weighted by Crippen LogP contribution is 2.25. The van der Waals surface area contributed by atoms with Crippen molar-refractivity contribution in [1.82, 2.24) is 0 Å². The minimum atomic E-state index is -0.614. The molecule has 0 saturated carbocycles. The van der Waals surface area contributed by atoms with Crippen molar-refractivity contribution in [3.63, 3.8) is 0 Å². The monoisotopic (exact) mass is 327 g/mol. The van der Waals surface area contributed by atoms with Gasteiger partial charge in [0.2, 0.25) is 0 Å². The fraction of sp³-hybridized carbons (Fsp3) is 0.143. The van der Waals surface area contributed by atoms with Gasteiger partial charge < -0.3 is 10.5 Å². The molecule has 0 aliphatic heterocycles. The maximum absolute atomic E-state index is 13.5. The molecule has 2 aromatic carbocycles. The van der Waals surface area contributed by atoms with Gasteiger partial charge >= 0.3 is 0 Å². The van der Waals surface area contributed by atoms with Gasteiger partial charge in [-0.2, -0.15) is 0 Å². The van der Waals surface area contributed by atoms with E-state index in [0.717, 1.165) is 28.2 Å². The SMILES string of the molecule is NCC(Oc1cc(F)ccc1F)c1ccc(Br)cc1. The van der Waals surface area contributed by atoms with Crippen LogP contribution in [0.5, 0.6) is 5.75 Å². The van der Waals surface area contributed by atoms with Gasteiger partial charge in [-0.1, -0.05) is 28.1 Å². The van der Waals surface area contributed by atoms with Gasteiger partial charge in [0.05, 0.1) is 0 Å². The van der Waals surface area contributed by atoms with Crippen LogP contribution in [0.2, 0.25) is 0 Å². The minimum absolute atomic E-state index is 0.140. The van der Waals surface area contributed by atoms with Crippen LogP contribution in [0.3, 0.4) is 0 Å². The minimum Gasteiger partial charge on any atom is -0.481 e. The summed E-state index contributed by atoms with van der Waals surface area (Å²) in [6.45, 7) is 0.164. The molecule has 0 aliphatic rings. The van der Waals surface area contributed by atoms with E-state index in [-0.39, 0.29) is 12.3 Å². The number of hydrogen-bond donors (Lipinski definition) is 1. The Labute approximate surface area is 118 Å². The number of rotatable bonds is 4. The van der Waals surface area contributed by atoms with Gasteiger partial charge in [0, 0.05) is 17.1 Å². The van der Waals surface area contributed by atoms with Gasteiger partial charge in [0.15, 0.2) is 11.6 Å². The first-order chi connectivity index (χ1) is 9.10. The second-order valence-electron chi connectivity index (χ2n) is 3.97. The van der Waals surface area contributed by atoms with Gasteiger partial charge in [0.25, 0.3) is 0 Å². The molecular formula is C14H12BrF2NO. The van der Waals surface area contributed by atoms with Crippen LogP contribution in [0, 0.1) is 11.6 Å². The highest BCUT2D eigenvalue weighted by molar-refractivity contribution is 9.10. The lowest BCUT2D eigenvalue weighted by Gasteiger charge is -2.18. The van der Waals surface area contributed by atoms with Crippen LogP contribution < -0.4 is 10.5 Å². The summed E-state index contributed by atoms with van der Waals surface area (Å²) in [5.74, 6) is -1.31. The molecule has 2 nitrogen and oxygen atoms in total. The molecule has 0 fully saturated rings. The van der Waals surface area contributed by atoms with Gasteiger partial charge in [-0.25, -0.2) is 8.78 Å². The van der Waals surface area contributed by atoms with Crippen LogP contribution in [-0.2, 0) is 0 Å². The average molecular weight is 328 g/mol. The molecule has 0 aromatic heterocycles. The van der Waals surface area contributed by atoms with Crippen molar-refractivity contribution in [3.05, 3.63) is 64.1 Å². The van der Waals surface area contributed by atoms with Crippen molar-refractivity contribution in [3.8, 4) is 5.75 Å². The Balaban J connectivity index is 2.23.